The first-order valence-electron chi connectivity index (χ1n) is 6.06. The zero-order valence-corrected chi connectivity index (χ0v) is 12.4. The number of rotatable bonds is 5. The molecule has 8 heteroatoms. The van der Waals surface area contributed by atoms with E-state index in [1.54, 1.807) is 0 Å². The van der Waals surface area contributed by atoms with Gasteiger partial charge in [-0.2, -0.15) is 0 Å². The number of hydrogen-bond donors (Lipinski definition) is 2. The number of nitrogens with zero attached hydrogens (tertiary/aromatic N) is 2. The second kappa shape index (κ2) is 6.77. The number of imidazole rings is 1. The molecule has 0 saturated heterocycles. The summed E-state index contributed by atoms with van der Waals surface area (Å²) >= 11 is 3.00. The van der Waals surface area contributed by atoms with Gasteiger partial charge < -0.3 is 15.0 Å². The maximum Gasteiger partial charge on any atom is 0.271 e. The summed E-state index contributed by atoms with van der Waals surface area (Å²) in [5.41, 5.74) is -0.0108. The highest BCUT2D eigenvalue weighted by molar-refractivity contribution is 9.10. The highest BCUT2D eigenvalue weighted by Gasteiger charge is 2.14. The van der Waals surface area contributed by atoms with Crippen molar-refractivity contribution >= 4 is 21.8 Å². The number of carbonyl (C=O) groups excluding carboxylic acids is 1. The van der Waals surface area contributed by atoms with Gasteiger partial charge in [0, 0.05) is 18.3 Å². The van der Waals surface area contributed by atoms with Crippen LogP contribution in [0.1, 0.15) is 16.1 Å². The maximum atomic E-state index is 13.9. The largest absolute Gasteiger partial charge is 0.395 e. The van der Waals surface area contributed by atoms with Crippen molar-refractivity contribution in [1.82, 2.24) is 14.9 Å². The predicted octanol–water partition coefficient (Wildman–Crippen LogP) is 1.69. The Labute approximate surface area is 127 Å². The Kier molecular flexibility index (Phi) is 5.03. The molecular weight excluding hydrogens is 348 g/mol. The molecule has 0 bridgehead atoms. The summed E-state index contributed by atoms with van der Waals surface area (Å²) in [5, 5.41) is 11.1. The third-order valence-corrected chi connectivity index (χ3v) is 3.36. The summed E-state index contributed by atoms with van der Waals surface area (Å²) < 4.78 is 29.1. The number of nitrogens with one attached hydrogen (secondary N) is 1. The molecule has 5 nitrogen and oxygen atoms in total. The summed E-state index contributed by atoms with van der Waals surface area (Å²) in [5.74, 6) is -1.82. The van der Waals surface area contributed by atoms with Crippen molar-refractivity contribution in [2.24, 2.45) is 0 Å². The quantitative estimate of drug-likeness (QED) is 0.798. The molecule has 0 aliphatic carbocycles. The average molecular weight is 360 g/mol. The van der Waals surface area contributed by atoms with Gasteiger partial charge in [-0.25, -0.2) is 13.8 Å². The van der Waals surface area contributed by atoms with E-state index in [1.807, 2.05) is 0 Å². The molecule has 2 N–H and O–H groups in total. The molecule has 1 aromatic heterocycles. The van der Waals surface area contributed by atoms with E-state index < -0.39 is 17.5 Å². The molecule has 1 amide bonds. The van der Waals surface area contributed by atoms with Crippen molar-refractivity contribution in [3.8, 4) is 0 Å². The zero-order chi connectivity index (χ0) is 15.4. The normalized spacial score (nSPS) is 10.7. The Hall–Kier alpha value is -1.80. The third kappa shape index (κ3) is 3.64. The Morgan fingerprint density at radius 3 is 2.90 bits per heavy atom. The van der Waals surface area contributed by atoms with Crippen LogP contribution in [0.3, 0.4) is 0 Å². The number of amides is 1. The smallest absolute Gasteiger partial charge is 0.271 e. The van der Waals surface area contributed by atoms with Crippen molar-refractivity contribution in [1.29, 1.82) is 0 Å². The van der Waals surface area contributed by atoms with Gasteiger partial charge in [-0.15, -0.1) is 0 Å². The van der Waals surface area contributed by atoms with E-state index in [9.17, 15) is 13.6 Å². The van der Waals surface area contributed by atoms with Gasteiger partial charge in [0.15, 0.2) is 0 Å². The number of aliphatic hydroxyl groups is 1. The molecule has 112 valence electrons. The Morgan fingerprint density at radius 1 is 1.43 bits per heavy atom. The van der Waals surface area contributed by atoms with Gasteiger partial charge >= 0.3 is 0 Å². The molecule has 0 aliphatic heterocycles. The molecule has 0 fully saturated rings. The van der Waals surface area contributed by atoms with Crippen LogP contribution in [0.2, 0.25) is 0 Å². The van der Waals surface area contributed by atoms with E-state index in [-0.39, 0.29) is 35.4 Å². The lowest BCUT2D eigenvalue weighted by Gasteiger charge is -2.07. The van der Waals surface area contributed by atoms with Crippen LogP contribution in [0.25, 0.3) is 0 Å². The number of aromatic nitrogens is 2. The van der Waals surface area contributed by atoms with E-state index in [1.165, 1.54) is 23.2 Å². The minimum atomic E-state index is -0.685. The van der Waals surface area contributed by atoms with Gasteiger partial charge in [0.05, 0.1) is 24.0 Å². The fourth-order valence-corrected chi connectivity index (χ4v) is 2.09. The van der Waals surface area contributed by atoms with Gasteiger partial charge in [-0.1, -0.05) is 0 Å². The predicted molar refractivity (Wildman–Crippen MR) is 74.8 cm³/mol. The minimum absolute atomic E-state index is 0.0859. The molecular formula is C13H12BrF2N3O2. The second-order valence-corrected chi connectivity index (χ2v) is 5.09. The number of aliphatic hydroxyl groups excluding tert-OH is 1. The van der Waals surface area contributed by atoms with Crippen LogP contribution < -0.4 is 5.32 Å². The molecule has 0 unspecified atom stereocenters. The highest BCUT2D eigenvalue weighted by atomic mass is 79.9. The molecule has 0 spiro atoms. The number of halogens is 3. The summed E-state index contributed by atoms with van der Waals surface area (Å²) in [6, 6.07) is 2.45. The Bertz CT molecular complexity index is 661. The Balaban J connectivity index is 2.17. The van der Waals surface area contributed by atoms with Crippen molar-refractivity contribution in [2.75, 3.05) is 13.2 Å². The van der Waals surface area contributed by atoms with Gasteiger partial charge in [-0.05, 0) is 28.1 Å². The van der Waals surface area contributed by atoms with E-state index >= 15 is 0 Å². The van der Waals surface area contributed by atoms with Crippen LogP contribution in [0, 0.1) is 11.6 Å². The van der Waals surface area contributed by atoms with Crippen molar-refractivity contribution < 1.29 is 18.7 Å². The maximum absolute atomic E-state index is 13.9. The molecule has 0 aliphatic rings. The van der Waals surface area contributed by atoms with Gasteiger partial charge in [-0.3, -0.25) is 4.79 Å². The number of benzene rings is 1. The summed E-state index contributed by atoms with van der Waals surface area (Å²) in [6.45, 7) is -0.154. The van der Waals surface area contributed by atoms with Gasteiger partial charge in [0.25, 0.3) is 5.91 Å². The Morgan fingerprint density at radius 2 is 2.19 bits per heavy atom. The molecule has 1 aromatic carbocycles. The molecule has 2 rings (SSSR count). The first-order valence-corrected chi connectivity index (χ1v) is 6.85. The van der Waals surface area contributed by atoms with Crippen molar-refractivity contribution in [2.45, 2.75) is 6.54 Å². The summed E-state index contributed by atoms with van der Waals surface area (Å²) in [4.78, 5) is 15.5. The first kappa shape index (κ1) is 15.6. The van der Waals surface area contributed by atoms with E-state index in [4.69, 9.17) is 5.11 Å². The van der Waals surface area contributed by atoms with Gasteiger partial charge in [0.2, 0.25) is 0 Å². The minimum Gasteiger partial charge on any atom is -0.395 e. The highest BCUT2D eigenvalue weighted by Crippen LogP contribution is 2.22. The molecule has 0 saturated carbocycles. The van der Waals surface area contributed by atoms with Gasteiger partial charge in [0.1, 0.15) is 17.3 Å². The first-order chi connectivity index (χ1) is 10.0. The topological polar surface area (TPSA) is 67.2 Å². The lowest BCUT2D eigenvalue weighted by Crippen LogP contribution is -2.26. The summed E-state index contributed by atoms with van der Waals surface area (Å²) in [6.07, 6.45) is 2.69. The second-order valence-electron chi connectivity index (χ2n) is 4.23. The summed E-state index contributed by atoms with van der Waals surface area (Å²) in [7, 11) is 0. The van der Waals surface area contributed by atoms with Crippen molar-refractivity contribution in [3.63, 3.8) is 0 Å². The van der Waals surface area contributed by atoms with Crippen LogP contribution in [0.15, 0.2) is 29.1 Å². The number of hydrogen-bond acceptors (Lipinski definition) is 3. The number of carbonyl (C=O) groups is 1. The van der Waals surface area contributed by atoms with Crippen LogP contribution >= 0.6 is 15.9 Å². The molecule has 21 heavy (non-hydrogen) atoms. The third-order valence-electron chi connectivity index (χ3n) is 2.74. The van der Waals surface area contributed by atoms with E-state index in [0.717, 1.165) is 6.07 Å². The fourth-order valence-electron chi connectivity index (χ4n) is 1.72. The van der Waals surface area contributed by atoms with Crippen LogP contribution in [0.5, 0.6) is 0 Å². The average Bonchev–Trinajstić information content (AvgIpc) is 2.94. The van der Waals surface area contributed by atoms with Crippen molar-refractivity contribution in [3.05, 3.63) is 52.0 Å². The fraction of sp³-hybridized carbons (Fsp3) is 0.231. The molecule has 0 atom stereocenters. The monoisotopic (exact) mass is 359 g/mol. The molecule has 2 aromatic rings. The van der Waals surface area contributed by atoms with Crippen LogP contribution in [0.4, 0.5) is 8.78 Å². The molecule has 0 radical (unpaired) electrons. The lowest BCUT2D eigenvalue weighted by atomic mass is 10.2. The lowest BCUT2D eigenvalue weighted by molar-refractivity contribution is 0.0940. The van der Waals surface area contributed by atoms with Crippen LogP contribution in [-0.2, 0) is 6.54 Å². The standard InChI is InChI=1S/C13H12BrF2N3O2/c14-9-1-2-10(15)8(12(9)16)5-19-6-11(18-7-19)13(21)17-3-4-20/h1-2,6-7,20H,3-5H2,(H,17,21). The van der Waals surface area contributed by atoms with E-state index in [2.05, 4.69) is 26.2 Å². The van der Waals surface area contributed by atoms with Crippen LogP contribution in [-0.4, -0.2) is 33.7 Å². The zero-order valence-electron chi connectivity index (χ0n) is 10.8. The molecule has 1 heterocycles. The SMILES string of the molecule is O=C(NCCO)c1cn(Cc2c(F)ccc(Br)c2F)cn1. The van der Waals surface area contributed by atoms with E-state index in [0.29, 0.717) is 0 Å².